The van der Waals surface area contributed by atoms with E-state index in [1.807, 2.05) is 0 Å². The molecule has 0 aliphatic rings. The highest BCUT2D eigenvalue weighted by Gasteiger charge is 2.05. The quantitative estimate of drug-likeness (QED) is 0.730. The lowest BCUT2D eigenvalue weighted by Crippen LogP contribution is -2.02. The molecule has 0 atom stereocenters. The summed E-state index contributed by atoms with van der Waals surface area (Å²) in [5, 5.41) is 8.39. The summed E-state index contributed by atoms with van der Waals surface area (Å²) in [5.74, 6) is -1.46. The van der Waals surface area contributed by atoms with Gasteiger partial charge in [0.05, 0.1) is 6.42 Å². The number of aryl methyl sites for hydroxylation is 1. The van der Waals surface area contributed by atoms with Crippen molar-refractivity contribution in [3.8, 4) is 0 Å². The van der Waals surface area contributed by atoms with E-state index in [9.17, 15) is 9.18 Å². The van der Waals surface area contributed by atoms with Gasteiger partial charge in [-0.05, 0) is 24.1 Å². The van der Waals surface area contributed by atoms with Crippen LogP contribution in [0.15, 0.2) is 18.2 Å². The van der Waals surface area contributed by atoms with E-state index < -0.39 is 11.8 Å². The highest BCUT2D eigenvalue weighted by Crippen LogP contribution is 2.10. The summed E-state index contributed by atoms with van der Waals surface area (Å²) >= 11 is 0. The van der Waals surface area contributed by atoms with E-state index in [1.54, 1.807) is 13.0 Å². The molecular formula is C9H9FO2. The van der Waals surface area contributed by atoms with E-state index >= 15 is 0 Å². The number of halogens is 1. The zero-order valence-electron chi connectivity index (χ0n) is 6.67. The van der Waals surface area contributed by atoms with E-state index in [2.05, 4.69) is 0 Å². The maximum Gasteiger partial charge on any atom is 0.307 e. The fourth-order valence-corrected chi connectivity index (χ4v) is 0.959. The topological polar surface area (TPSA) is 37.3 Å². The highest BCUT2D eigenvalue weighted by atomic mass is 19.1. The van der Waals surface area contributed by atoms with E-state index in [1.165, 1.54) is 12.1 Å². The molecule has 1 N–H and O–H groups in total. The summed E-state index contributed by atoms with van der Waals surface area (Å²) in [7, 11) is 0. The van der Waals surface area contributed by atoms with E-state index in [0.29, 0.717) is 0 Å². The van der Waals surface area contributed by atoms with Crippen LogP contribution in [0, 0.1) is 12.7 Å². The van der Waals surface area contributed by atoms with Crippen LogP contribution in [0.4, 0.5) is 4.39 Å². The molecule has 12 heavy (non-hydrogen) atoms. The highest BCUT2D eigenvalue weighted by molar-refractivity contribution is 5.70. The van der Waals surface area contributed by atoms with Crippen molar-refractivity contribution in [2.45, 2.75) is 13.3 Å². The zero-order valence-corrected chi connectivity index (χ0v) is 6.67. The molecule has 1 aromatic carbocycles. The Labute approximate surface area is 69.6 Å². The second-order valence-corrected chi connectivity index (χ2v) is 2.67. The number of carbonyl (C=O) groups is 1. The summed E-state index contributed by atoms with van der Waals surface area (Å²) in [4.78, 5) is 10.2. The first kappa shape index (κ1) is 8.71. The minimum atomic E-state index is -1.02. The standard InChI is InChI=1S/C9H9FO2/c1-6-2-3-7(5-9(11)12)8(10)4-6/h2-4H,5H2,1H3,(H,11,12). The predicted octanol–water partition coefficient (Wildman–Crippen LogP) is 1.76. The minimum absolute atomic E-state index is 0.230. The van der Waals surface area contributed by atoms with Crippen LogP contribution < -0.4 is 0 Å². The Morgan fingerprint density at radius 2 is 2.25 bits per heavy atom. The van der Waals surface area contributed by atoms with Crippen molar-refractivity contribution in [1.29, 1.82) is 0 Å². The molecule has 1 aromatic rings. The Bertz CT molecular complexity index is 307. The summed E-state index contributed by atoms with van der Waals surface area (Å²) in [5.41, 5.74) is 1.02. The number of carboxylic acid groups (broad SMARTS) is 1. The van der Waals surface area contributed by atoms with Crippen molar-refractivity contribution in [3.05, 3.63) is 35.1 Å². The molecule has 0 unspecified atom stereocenters. The van der Waals surface area contributed by atoms with Gasteiger partial charge in [-0.3, -0.25) is 4.79 Å². The van der Waals surface area contributed by atoms with Crippen molar-refractivity contribution in [1.82, 2.24) is 0 Å². The van der Waals surface area contributed by atoms with Gasteiger partial charge < -0.3 is 5.11 Å². The van der Waals surface area contributed by atoms with Crippen LogP contribution in [-0.4, -0.2) is 11.1 Å². The molecule has 0 saturated heterocycles. The van der Waals surface area contributed by atoms with Crippen LogP contribution in [0.1, 0.15) is 11.1 Å². The largest absolute Gasteiger partial charge is 0.481 e. The number of aliphatic carboxylic acids is 1. The van der Waals surface area contributed by atoms with Gasteiger partial charge in [0.15, 0.2) is 0 Å². The molecule has 0 spiro atoms. The Kier molecular flexibility index (Phi) is 2.43. The maximum atomic E-state index is 12.9. The number of benzene rings is 1. The zero-order chi connectivity index (χ0) is 9.14. The molecule has 1 rings (SSSR count). The van der Waals surface area contributed by atoms with Gasteiger partial charge in [-0.25, -0.2) is 4.39 Å². The second kappa shape index (κ2) is 3.34. The van der Waals surface area contributed by atoms with Crippen molar-refractivity contribution in [3.63, 3.8) is 0 Å². The van der Waals surface area contributed by atoms with Crippen LogP contribution in [0.3, 0.4) is 0 Å². The van der Waals surface area contributed by atoms with Crippen LogP contribution in [0.2, 0.25) is 0 Å². The Morgan fingerprint density at radius 3 is 2.75 bits per heavy atom. The molecule has 64 valence electrons. The molecule has 2 nitrogen and oxygen atoms in total. The van der Waals surface area contributed by atoms with Gasteiger partial charge in [0.2, 0.25) is 0 Å². The average Bonchev–Trinajstić information content (AvgIpc) is 1.94. The molecule has 0 saturated carbocycles. The second-order valence-electron chi connectivity index (χ2n) is 2.67. The summed E-state index contributed by atoms with van der Waals surface area (Å²) < 4.78 is 12.9. The van der Waals surface area contributed by atoms with E-state index in [-0.39, 0.29) is 12.0 Å². The van der Waals surface area contributed by atoms with Gasteiger partial charge in [-0.2, -0.15) is 0 Å². The fraction of sp³-hybridized carbons (Fsp3) is 0.222. The van der Waals surface area contributed by atoms with Crippen molar-refractivity contribution >= 4 is 5.97 Å². The molecule has 3 heteroatoms. The molecular weight excluding hydrogens is 159 g/mol. The van der Waals surface area contributed by atoms with E-state index in [4.69, 9.17) is 5.11 Å². The lowest BCUT2D eigenvalue weighted by molar-refractivity contribution is -0.136. The molecule has 0 amide bonds. The van der Waals surface area contributed by atoms with Crippen molar-refractivity contribution in [2.75, 3.05) is 0 Å². The van der Waals surface area contributed by atoms with Crippen molar-refractivity contribution in [2.24, 2.45) is 0 Å². The Hall–Kier alpha value is -1.38. The summed E-state index contributed by atoms with van der Waals surface area (Å²) in [6.07, 6.45) is -0.258. The predicted molar refractivity (Wildman–Crippen MR) is 42.5 cm³/mol. The number of hydrogen-bond donors (Lipinski definition) is 1. The molecule has 0 heterocycles. The third kappa shape index (κ3) is 2.05. The smallest absolute Gasteiger partial charge is 0.307 e. The molecule has 0 bridgehead atoms. The first-order valence-corrected chi connectivity index (χ1v) is 3.56. The number of carboxylic acids is 1. The van der Waals surface area contributed by atoms with Crippen LogP contribution in [0.5, 0.6) is 0 Å². The first-order chi connectivity index (χ1) is 5.59. The molecule has 0 aliphatic carbocycles. The normalized spacial score (nSPS) is 9.83. The third-order valence-corrected chi connectivity index (χ3v) is 1.55. The van der Waals surface area contributed by atoms with Crippen LogP contribution >= 0.6 is 0 Å². The lowest BCUT2D eigenvalue weighted by atomic mass is 10.1. The van der Waals surface area contributed by atoms with Gasteiger partial charge in [-0.1, -0.05) is 12.1 Å². The van der Waals surface area contributed by atoms with Gasteiger partial charge in [0.1, 0.15) is 5.82 Å². The van der Waals surface area contributed by atoms with Gasteiger partial charge in [-0.15, -0.1) is 0 Å². The van der Waals surface area contributed by atoms with Crippen LogP contribution in [0.25, 0.3) is 0 Å². The monoisotopic (exact) mass is 168 g/mol. The third-order valence-electron chi connectivity index (χ3n) is 1.55. The van der Waals surface area contributed by atoms with Gasteiger partial charge in [0.25, 0.3) is 0 Å². The SMILES string of the molecule is Cc1ccc(CC(=O)O)c(F)c1. The Morgan fingerprint density at radius 1 is 1.58 bits per heavy atom. The minimum Gasteiger partial charge on any atom is -0.481 e. The summed E-state index contributed by atoms with van der Waals surface area (Å²) in [6, 6.07) is 4.53. The summed E-state index contributed by atoms with van der Waals surface area (Å²) in [6.45, 7) is 1.76. The van der Waals surface area contributed by atoms with Crippen LogP contribution in [-0.2, 0) is 11.2 Å². The number of hydrogen-bond acceptors (Lipinski definition) is 1. The van der Waals surface area contributed by atoms with Gasteiger partial charge >= 0.3 is 5.97 Å². The average molecular weight is 168 g/mol. The van der Waals surface area contributed by atoms with Gasteiger partial charge in [0, 0.05) is 0 Å². The maximum absolute atomic E-state index is 12.9. The lowest BCUT2D eigenvalue weighted by Gasteiger charge is -1.99. The molecule has 0 aromatic heterocycles. The Balaban J connectivity index is 2.93. The molecule has 0 radical (unpaired) electrons. The first-order valence-electron chi connectivity index (χ1n) is 3.56. The molecule has 0 aliphatic heterocycles. The van der Waals surface area contributed by atoms with Crippen molar-refractivity contribution < 1.29 is 14.3 Å². The number of rotatable bonds is 2. The molecule has 0 fully saturated rings. The van der Waals surface area contributed by atoms with E-state index in [0.717, 1.165) is 5.56 Å². The fourth-order valence-electron chi connectivity index (χ4n) is 0.959.